The molecule has 0 atom stereocenters. The van der Waals surface area contributed by atoms with Crippen molar-refractivity contribution in [3.8, 4) is 0 Å². The molecule has 80 valence electrons. The quantitative estimate of drug-likeness (QED) is 0.663. The molecule has 0 radical (unpaired) electrons. The zero-order chi connectivity index (χ0) is 10.4. The van der Waals surface area contributed by atoms with E-state index in [0.29, 0.717) is 12.2 Å². The molecular formula is C9H18N4O. The first kappa shape index (κ1) is 11.0. The van der Waals surface area contributed by atoms with Crippen LogP contribution in [0.4, 0.5) is 5.69 Å². The summed E-state index contributed by atoms with van der Waals surface area (Å²) < 4.78 is 1.81. The molecule has 1 aromatic heterocycles. The van der Waals surface area contributed by atoms with Crippen LogP contribution in [-0.4, -0.2) is 46.0 Å². The molecule has 0 saturated heterocycles. The molecule has 14 heavy (non-hydrogen) atoms. The summed E-state index contributed by atoms with van der Waals surface area (Å²) in [6.07, 6.45) is 3.45. The third kappa shape index (κ3) is 3.35. The molecular weight excluding hydrogens is 180 g/mol. The molecule has 0 aliphatic rings. The standard InChI is InChI=1S/C9H18N4O/c1-2-12(5-6-14)3-4-13-8-9(10)7-11-13/h7-8,14H,2-6,10H2,1H3. The molecule has 0 saturated carbocycles. The van der Waals surface area contributed by atoms with Crippen LogP contribution in [0.2, 0.25) is 0 Å². The van der Waals surface area contributed by atoms with E-state index >= 15 is 0 Å². The van der Waals surface area contributed by atoms with Gasteiger partial charge in [-0.25, -0.2) is 0 Å². The molecule has 0 bridgehead atoms. The van der Waals surface area contributed by atoms with Gasteiger partial charge in [0.2, 0.25) is 0 Å². The zero-order valence-corrected chi connectivity index (χ0v) is 8.56. The van der Waals surface area contributed by atoms with Gasteiger partial charge in [0.15, 0.2) is 0 Å². The van der Waals surface area contributed by atoms with Crippen LogP contribution in [0, 0.1) is 0 Å². The smallest absolute Gasteiger partial charge is 0.0719 e. The van der Waals surface area contributed by atoms with E-state index in [1.54, 1.807) is 6.20 Å². The van der Waals surface area contributed by atoms with Gasteiger partial charge in [-0.15, -0.1) is 0 Å². The summed E-state index contributed by atoms with van der Waals surface area (Å²) in [7, 11) is 0. The van der Waals surface area contributed by atoms with Crippen molar-refractivity contribution < 1.29 is 5.11 Å². The molecule has 5 nitrogen and oxygen atoms in total. The van der Waals surface area contributed by atoms with Gasteiger partial charge in [0, 0.05) is 19.3 Å². The van der Waals surface area contributed by atoms with E-state index in [-0.39, 0.29) is 6.61 Å². The Hall–Kier alpha value is -1.07. The number of aromatic nitrogens is 2. The van der Waals surface area contributed by atoms with Crippen molar-refractivity contribution in [3.05, 3.63) is 12.4 Å². The van der Waals surface area contributed by atoms with Crippen LogP contribution in [0.1, 0.15) is 6.92 Å². The van der Waals surface area contributed by atoms with E-state index < -0.39 is 0 Å². The lowest BCUT2D eigenvalue weighted by Crippen LogP contribution is -2.30. The second kappa shape index (κ2) is 5.62. The van der Waals surface area contributed by atoms with Crippen molar-refractivity contribution in [3.63, 3.8) is 0 Å². The SMILES string of the molecule is CCN(CCO)CCn1cc(N)cn1. The Morgan fingerprint density at radius 3 is 2.86 bits per heavy atom. The van der Waals surface area contributed by atoms with Crippen molar-refractivity contribution in [1.82, 2.24) is 14.7 Å². The van der Waals surface area contributed by atoms with E-state index in [0.717, 1.165) is 19.6 Å². The number of nitrogens with zero attached hydrogens (tertiary/aromatic N) is 3. The van der Waals surface area contributed by atoms with Crippen molar-refractivity contribution in [2.24, 2.45) is 0 Å². The number of hydrogen-bond donors (Lipinski definition) is 2. The van der Waals surface area contributed by atoms with Crippen LogP contribution < -0.4 is 5.73 Å². The van der Waals surface area contributed by atoms with Gasteiger partial charge >= 0.3 is 0 Å². The number of nitrogens with two attached hydrogens (primary N) is 1. The maximum atomic E-state index is 8.78. The molecule has 0 amide bonds. The Balaban J connectivity index is 2.31. The fourth-order valence-electron chi connectivity index (χ4n) is 1.32. The van der Waals surface area contributed by atoms with E-state index in [1.807, 2.05) is 10.9 Å². The first-order valence-electron chi connectivity index (χ1n) is 4.87. The maximum absolute atomic E-state index is 8.78. The number of rotatable bonds is 6. The molecule has 3 N–H and O–H groups in total. The molecule has 0 aliphatic carbocycles. The van der Waals surface area contributed by atoms with Crippen LogP contribution in [0.25, 0.3) is 0 Å². The first-order chi connectivity index (χ1) is 6.76. The Labute approximate surface area is 84.1 Å². The van der Waals surface area contributed by atoms with Gasteiger partial charge in [-0.3, -0.25) is 9.58 Å². The summed E-state index contributed by atoms with van der Waals surface area (Å²) in [4.78, 5) is 2.16. The second-order valence-electron chi connectivity index (χ2n) is 3.19. The highest BCUT2D eigenvalue weighted by atomic mass is 16.3. The minimum Gasteiger partial charge on any atom is -0.396 e. The van der Waals surface area contributed by atoms with Gasteiger partial charge < -0.3 is 10.8 Å². The summed E-state index contributed by atoms with van der Waals surface area (Å²) in [5.41, 5.74) is 6.23. The number of hydrogen-bond acceptors (Lipinski definition) is 4. The maximum Gasteiger partial charge on any atom is 0.0719 e. The molecule has 0 aromatic carbocycles. The minimum absolute atomic E-state index is 0.203. The van der Waals surface area contributed by atoms with Crippen molar-refractivity contribution in [2.45, 2.75) is 13.5 Å². The fraction of sp³-hybridized carbons (Fsp3) is 0.667. The van der Waals surface area contributed by atoms with Gasteiger partial charge in [-0.2, -0.15) is 5.10 Å². The third-order valence-electron chi connectivity index (χ3n) is 2.16. The van der Waals surface area contributed by atoms with Crippen molar-refractivity contribution >= 4 is 5.69 Å². The normalized spacial score (nSPS) is 11.1. The summed E-state index contributed by atoms with van der Waals surface area (Å²) >= 11 is 0. The number of nitrogen functional groups attached to an aromatic ring is 1. The predicted octanol–water partition coefficient (Wildman–Crippen LogP) is -0.221. The van der Waals surface area contributed by atoms with Gasteiger partial charge in [0.25, 0.3) is 0 Å². The second-order valence-corrected chi connectivity index (χ2v) is 3.19. The van der Waals surface area contributed by atoms with Crippen LogP contribution in [-0.2, 0) is 6.54 Å². The Morgan fingerprint density at radius 2 is 2.36 bits per heavy atom. The summed E-state index contributed by atoms with van der Waals surface area (Å²) in [6.45, 7) is 5.63. The molecule has 1 heterocycles. The van der Waals surface area contributed by atoms with Crippen LogP contribution >= 0.6 is 0 Å². The van der Waals surface area contributed by atoms with Gasteiger partial charge in [0.05, 0.1) is 25.0 Å². The van der Waals surface area contributed by atoms with Gasteiger partial charge in [0.1, 0.15) is 0 Å². The first-order valence-corrected chi connectivity index (χ1v) is 4.87. The van der Waals surface area contributed by atoms with Crippen LogP contribution in [0.3, 0.4) is 0 Å². The summed E-state index contributed by atoms with van der Waals surface area (Å²) in [6, 6.07) is 0. The van der Waals surface area contributed by atoms with E-state index in [4.69, 9.17) is 10.8 Å². The molecule has 0 aliphatic heterocycles. The molecule has 0 spiro atoms. The number of likely N-dealkylation sites (N-methyl/N-ethyl adjacent to an activating group) is 1. The highest BCUT2D eigenvalue weighted by molar-refractivity contribution is 5.30. The van der Waals surface area contributed by atoms with Crippen molar-refractivity contribution in [2.75, 3.05) is 32.0 Å². The number of anilines is 1. The molecule has 5 heteroatoms. The van der Waals surface area contributed by atoms with Crippen molar-refractivity contribution in [1.29, 1.82) is 0 Å². The van der Waals surface area contributed by atoms with E-state index in [1.165, 1.54) is 0 Å². The predicted molar refractivity (Wildman–Crippen MR) is 55.8 cm³/mol. The van der Waals surface area contributed by atoms with Crippen LogP contribution in [0.5, 0.6) is 0 Å². The van der Waals surface area contributed by atoms with Gasteiger partial charge in [-0.1, -0.05) is 6.92 Å². The monoisotopic (exact) mass is 198 g/mol. The molecule has 1 rings (SSSR count). The number of aliphatic hydroxyl groups is 1. The third-order valence-corrected chi connectivity index (χ3v) is 2.16. The Bertz CT molecular complexity index is 261. The zero-order valence-electron chi connectivity index (χ0n) is 8.56. The summed E-state index contributed by atoms with van der Waals surface area (Å²) in [5.74, 6) is 0. The van der Waals surface area contributed by atoms with E-state index in [2.05, 4.69) is 16.9 Å². The molecule has 0 unspecified atom stereocenters. The van der Waals surface area contributed by atoms with Gasteiger partial charge in [-0.05, 0) is 6.54 Å². The highest BCUT2D eigenvalue weighted by Crippen LogP contribution is 1.98. The largest absolute Gasteiger partial charge is 0.396 e. The topological polar surface area (TPSA) is 67.3 Å². The van der Waals surface area contributed by atoms with E-state index in [9.17, 15) is 0 Å². The lowest BCUT2D eigenvalue weighted by molar-refractivity contribution is 0.196. The lowest BCUT2D eigenvalue weighted by atomic mass is 10.4. The lowest BCUT2D eigenvalue weighted by Gasteiger charge is -2.18. The average Bonchev–Trinajstić information content (AvgIpc) is 2.59. The Morgan fingerprint density at radius 1 is 1.57 bits per heavy atom. The number of aliphatic hydroxyl groups excluding tert-OH is 1. The Kier molecular flexibility index (Phi) is 4.42. The minimum atomic E-state index is 0.203. The highest BCUT2D eigenvalue weighted by Gasteiger charge is 2.01. The van der Waals surface area contributed by atoms with Crippen LogP contribution in [0.15, 0.2) is 12.4 Å². The molecule has 0 fully saturated rings. The average molecular weight is 198 g/mol. The summed E-state index contributed by atoms with van der Waals surface area (Å²) in [5, 5.41) is 12.9. The molecule has 1 aromatic rings. The fourth-order valence-corrected chi connectivity index (χ4v) is 1.32.